The first-order chi connectivity index (χ1) is 9.79. The molecular weight excluding hydrogens is 318 g/mol. The molecule has 1 aromatic carbocycles. The predicted molar refractivity (Wildman–Crippen MR) is 84.0 cm³/mol. The zero-order chi connectivity index (χ0) is 14.2. The molecule has 0 saturated heterocycles. The third-order valence-electron chi connectivity index (χ3n) is 2.93. The minimum Gasteiger partial charge on any atom is -0.493 e. The number of hydrogen-bond donors (Lipinski definition) is 1. The summed E-state index contributed by atoms with van der Waals surface area (Å²) in [5, 5.41) is 3.42. The van der Waals surface area contributed by atoms with E-state index >= 15 is 0 Å². The molecule has 0 atom stereocenters. The number of nitrogens with one attached hydrogen (secondary N) is 1. The summed E-state index contributed by atoms with van der Waals surface area (Å²) in [6.45, 7) is 4.54. The van der Waals surface area contributed by atoms with E-state index in [9.17, 15) is 0 Å². The van der Waals surface area contributed by atoms with Gasteiger partial charge in [-0.25, -0.2) is 0 Å². The number of ether oxygens (including phenoxy) is 1. The van der Waals surface area contributed by atoms with Crippen LogP contribution in [0.2, 0.25) is 0 Å². The third kappa shape index (κ3) is 4.69. The Morgan fingerprint density at radius 1 is 1.30 bits per heavy atom. The lowest BCUT2D eigenvalue weighted by atomic mass is 10.2. The minimum absolute atomic E-state index is 0.751. The van der Waals surface area contributed by atoms with Gasteiger partial charge in [0.05, 0.1) is 12.9 Å². The topological polar surface area (TPSA) is 34.4 Å². The van der Waals surface area contributed by atoms with Crippen molar-refractivity contribution in [2.45, 2.75) is 26.3 Å². The predicted octanol–water partition coefficient (Wildman–Crippen LogP) is 4.16. The molecule has 3 nitrogen and oxygen atoms in total. The van der Waals surface area contributed by atoms with Gasteiger partial charge in [-0.05, 0) is 36.8 Å². The van der Waals surface area contributed by atoms with Crippen LogP contribution in [0.25, 0.3) is 0 Å². The van der Waals surface area contributed by atoms with Crippen LogP contribution in [0.3, 0.4) is 0 Å². The zero-order valence-corrected chi connectivity index (χ0v) is 13.3. The van der Waals surface area contributed by atoms with Crippen LogP contribution in [-0.2, 0) is 13.0 Å². The van der Waals surface area contributed by atoms with Gasteiger partial charge in [0.1, 0.15) is 11.5 Å². The quantitative estimate of drug-likeness (QED) is 0.734. The van der Waals surface area contributed by atoms with Gasteiger partial charge in [-0.1, -0.05) is 22.9 Å². The number of furan rings is 1. The maximum atomic E-state index is 5.76. The van der Waals surface area contributed by atoms with Crippen LogP contribution in [0.4, 0.5) is 0 Å². The van der Waals surface area contributed by atoms with Gasteiger partial charge in [0.2, 0.25) is 0 Å². The van der Waals surface area contributed by atoms with Crippen molar-refractivity contribution in [3.63, 3.8) is 0 Å². The fraction of sp³-hybridized carbons (Fsp3) is 0.375. The van der Waals surface area contributed by atoms with Crippen LogP contribution in [0.1, 0.15) is 24.7 Å². The molecule has 0 saturated carbocycles. The average molecular weight is 338 g/mol. The highest BCUT2D eigenvalue weighted by atomic mass is 79.9. The van der Waals surface area contributed by atoms with Crippen molar-refractivity contribution in [2.75, 3.05) is 13.2 Å². The number of halogens is 1. The summed E-state index contributed by atoms with van der Waals surface area (Å²) in [6.07, 6.45) is 3.62. The molecule has 0 aliphatic heterocycles. The molecule has 1 N–H and O–H groups in total. The Labute approximate surface area is 128 Å². The van der Waals surface area contributed by atoms with E-state index < -0.39 is 0 Å². The average Bonchev–Trinajstić information content (AvgIpc) is 2.96. The van der Waals surface area contributed by atoms with Gasteiger partial charge in [-0.2, -0.15) is 0 Å². The summed E-state index contributed by atoms with van der Waals surface area (Å²) in [7, 11) is 0. The van der Waals surface area contributed by atoms with Crippen LogP contribution in [-0.4, -0.2) is 13.2 Å². The van der Waals surface area contributed by atoms with Gasteiger partial charge in [-0.3, -0.25) is 0 Å². The van der Waals surface area contributed by atoms with Crippen molar-refractivity contribution < 1.29 is 9.15 Å². The highest BCUT2D eigenvalue weighted by Crippen LogP contribution is 2.23. The Bertz CT molecular complexity index is 511. The fourth-order valence-corrected chi connectivity index (χ4v) is 2.34. The molecule has 0 fully saturated rings. The number of benzene rings is 1. The SMILES string of the molecule is CCCOc1ccc(Br)cc1CNCCc1ccco1. The Morgan fingerprint density at radius 3 is 2.95 bits per heavy atom. The molecule has 0 amide bonds. The van der Waals surface area contributed by atoms with E-state index in [2.05, 4.69) is 34.2 Å². The summed E-state index contributed by atoms with van der Waals surface area (Å²) in [5.74, 6) is 1.97. The van der Waals surface area contributed by atoms with Crippen molar-refractivity contribution in [2.24, 2.45) is 0 Å². The first-order valence-electron chi connectivity index (χ1n) is 6.94. The molecule has 1 heterocycles. The van der Waals surface area contributed by atoms with E-state index in [0.717, 1.165) is 48.5 Å². The van der Waals surface area contributed by atoms with Crippen LogP contribution in [0.15, 0.2) is 45.5 Å². The maximum Gasteiger partial charge on any atom is 0.123 e. The van der Waals surface area contributed by atoms with E-state index in [1.165, 1.54) is 5.56 Å². The molecule has 2 rings (SSSR count). The van der Waals surface area contributed by atoms with Crippen LogP contribution >= 0.6 is 15.9 Å². The van der Waals surface area contributed by atoms with Gasteiger partial charge in [0.25, 0.3) is 0 Å². The highest BCUT2D eigenvalue weighted by molar-refractivity contribution is 9.10. The number of hydrogen-bond acceptors (Lipinski definition) is 3. The Balaban J connectivity index is 1.85. The highest BCUT2D eigenvalue weighted by Gasteiger charge is 2.04. The van der Waals surface area contributed by atoms with Gasteiger partial charge >= 0.3 is 0 Å². The van der Waals surface area contributed by atoms with Crippen molar-refractivity contribution >= 4 is 15.9 Å². The minimum atomic E-state index is 0.751. The third-order valence-corrected chi connectivity index (χ3v) is 3.42. The second-order valence-electron chi connectivity index (χ2n) is 4.61. The van der Waals surface area contributed by atoms with Crippen molar-refractivity contribution in [1.29, 1.82) is 0 Å². The monoisotopic (exact) mass is 337 g/mol. The molecule has 0 unspecified atom stereocenters. The summed E-state index contributed by atoms with van der Waals surface area (Å²) in [6, 6.07) is 10.0. The normalized spacial score (nSPS) is 10.7. The lowest BCUT2D eigenvalue weighted by molar-refractivity contribution is 0.313. The molecule has 2 aromatic rings. The smallest absolute Gasteiger partial charge is 0.123 e. The summed E-state index contributed by atoms with van der Waals surface area (Å²) >= 11 is 3.51. The van der Waals surface area contributed by atoms with E-state index in [1.807, 2.05) is 24.3 Å². The Kier molecular flexibility index (Phi) is 6.15. The molecule has 0 radical (unpaired) electrons. The van der Waals surface area contributed by atoms with Gasteiger partial charge < -0.3 is 14.5 Å². The summed E-state index contributed by atoms with van der Waals surface area (Å²) in [4.78, 5) is 0. The largest absolute Gasteiger partial charge is 0.493 e. The first kappa shape index (κ1) is 15.1. The molecule has 20 heavy (non-hydrogen) atoms. The first-order valence-corrected chi connectivity index (χ1v) is 7.73. The van der Waals surface area contributed by atoms with Crippen molar-refractivity contribution in [3.8, 4) is 5.75 Å². The van der Waals surface area contributed by atoms with Gasteiger partial charge in [0, 0.05) is 29.5 Å². The molecule has 0 aliphatic rings. The van der Waals surface area contributed by atoms with Crippen molar-refractivity contribution in [3.05, 3.63) is 52.4 Å². The molecule has 0 bridgehead atoms. The van der Waals surface area contributed by atoms with E-state index in [1.54, 1.807) is 6.26 Å². The van der Waals surface area contributed by atoms with E-state index in [4.69, 9.17) is 9.15 Å². The molecular formula is C16H20BrNO2. The van der Waals surface area contributed by atoms with Crippen LogP contribution < -0.4 is 10.1 Å². The van der Waals surface area contributed by atoms with Gasteiger partial charge in [-0.15, -0.1) is 0 Å². The second kappa shape index (κ2) is 8.12. The lowest BCUT2D eigenvalue weighted by Crippen LogP contribution is -2.17. The lowest BCUT2D eigenvalue weighted by Gasteiger charge is -2.12. The van der Waals surface area contributed by atoms with Gasteiger partial charge in [0.15, 0.2) is 0 Å². The Hall–Kier alpha value is -1.26. The standard InChI is InChI=1S/C16H20BrNO2/c1-2-9-20-16-6-5-14(17)11-13(16)12-18-8-7-15-4-3-10-19-15/h3-6,10-11,18H,2,7-9,12H2,1H3. The summed E-state index contributed by atoms with van der Waals surface area (Å²) < 4.78 is 12.1. The van der Waals surface area contributed by atoms with Crippen LogP contribution in [0.5, 0.6) is 5.75 Å². The summed E-state index contributed by atoms with van der Waals surface area (Å²) in [5.41, 5.74) is 1.17. The molecule has 0 spiro atoms. The number of rotatable bonds is 8. The molecule has 1 aromatic heterocycles. The van der Waals surface area contributed by atoms with Crippen LogP contribution in [0, 0.1) is 0 Å². The maximum absolute atomic E-state index is 5.76. The van der Waals surface area contributed by atoms with E-state index in [0.29, 0.717) is 0 Å². The molecule has 0 aliphatic carbocycles. The fourth-order valence-electron chi connectivity index (χ4n) is 1.93. The van der Waals surface area contributed by atoms with Crippen molar-refractivity contribution in [1.82, 2.24) is 5.32 Å². The molecule has 4 heteroatoms. The second-order valence-corrected chi connectivity index (χ2v) is 5.52. The zero-order valence-electron chi connectivity index (χ0n) is 11.7. The van der Waals surface area contributed by atoms with E-state index in [-0.39, 0.29) is 0 Å². The molecule has 108 valence electrons. The Morgan fingerprint density at radius 2 is 2.20 bits per heavy atom.